The number of carbonyl (C=O) groups is 1. The summed E-state index contributed by atoms with van der Waals surface area (Å²) >= 11 is 0. The molecule has 2 amide bonds. The lowest BCUT2D eigenvalue weighted by Gasteiger charge is -2.20. The fourth-order valence-corrected chi connectivity index (χ4v) is 1.78. The topological polar surface area (TPSA) is 61.8 Å². The van der Waals surface area contributed by atoms with Crippen molar-refractivity contribution in [3.63, 3.8) is 0 Å². The predicted molar refractivity (Wildman–Crippen MR) is 61.3 cm³/mol. The van der Waals surface area contributed by atoms with E-state index in [9.17, 15) is 4.79 Å². The van der Waals surface area contributed by atoms with E-state index in [2.05, 4.69) is 5.32 Å². The molecule has 0 bridgehead atoms. The Labute approximate surface area is 96.8 Å². The van der Waals surface area contributed by atoms with Crippen LogP contribution in [0.25, 0.3) is 0 Å². The highest BCUT2D eigenvalue weighted by Crippen LogP contribution is 2.09. The molecule has 0 aromatic rings. The maximum absolute atomic E-state index is 11.7. The fourth-order valence-electron chi connectivity index (χ4n) is 1.78. The minimum absolute atomic E-state index is 0.00879. The molecule has 1 rings (SSSR count). The molecule has 0 unspecified atom stereocenters. The summed E-state index contributed by atoms with van der Waals surface area (Å²) in [6.07, 6.45) is 4.66. The highest BCUT2D eigenvalue weighted by molar-refractivity contribution is 5.74. The number of nitrogens with one attached hydrogen (secondary N) is 1. The van der Waals surface area contributed by atoms with Crippen LogP contribution in [-0.4, -0.2) is 55.5 Å². The predicted octanol–water partition coefficient (Wildman–Crippen LogP) is 0.581. The number of carbonyl (C=O) groups excluding carboxylic acids is 1. The van der Waals surface area contributed by atoms with Crippen molar-refractivity contribution < 1.29 is 14.6 Å². The van der Waals surface area contributed by atoms with Crippen molar-refractivity contribution in [2.24, 2.45) is 0 Å². The van der Waals surface area contributed by atoms with Crippen molar-refractivity contribution in [3.8, 4) is 0 Å². The minimum Gasteiger partial charge on any atom is -0.394 e. The van der Waals surface area contributed by atoms with Gasteiger partial charge < -0.3 is 20.1 Å². The number of ether oxygens (including phenoxy) is 1. The SMILES string of the molecule is O=C(NCCOCCO)N1CCCCCC1. The van der Waals surface area contributed by atoms with Crippen LogP contribution in [0.5, 0.6) is 0 Å². The summed E-state index contributed by atoms with van der Waals surface area (Å²) < 4.78 is 5.06. The van der Waals surface area contributed by atoms with Crippen LogP contribution in [0.2, 0.25) is 0 Å². The largest absolute Gasteiger partial charge is 0.394 e. The molecule has 1 aliphatic rings. The van der Waals surface area contributed by atoms with Crippen LogP contribution in [-0.2, 0) is 4.74 Å². The summed E-state index contributed by atoms with van der Waals surface area (Å²) in [7, 11) is 0. The van der Waals surface area contributed by atoms with Crippen molar-refractivity contribution in [2.75, 3.05) is 39.5 Å². The van der Waals surface area contributed by atoms with Crippen molar-refractivity contribution in [1.29, 1.82) is 0 Å². The molecular weight excluding hydrogens is 208 g/mol. The molecule has 0 aromatic carbocycles. The lowest BCUT2D eigenvalue weighted by molar-refractivity contribution is 0.0937. The standard InChI is InChI=1S/C11H22N2O3/c14-8-10-16-9-5-12-11(15)13-6-3-1-2-4-7-13/h14H,1-10H2,(H,12,15). The monoisotopic (exact) mass is 230 g/mol. The molecule has 1 fully saturated rings. The van der Waals surface area contributed by atoms with Gasteiger partial charge >= 0.3 is 6.03 Å². The van der Waals surface area contributed by atoms with Gasteiger partial charge in [-0.2, -0.15) is 0 Å². The maximum atomic E-state index is 11.7. The van der Waals surface area contributed by atoms with Crippen LogP contribution in [0.3, 0.4) is 0 Å². The van der Waals surface area contributed by atoms with Crippen LogP contribution >= 0.6 is 0 Å². The number of hydrogen-bond donors (Lipinski definition) is 2. The van der Waals surface area contributed by atoms with Gasteiger partial charge in [0.15, 0.2) is 0 Å². The summed E-state index contributed by atoms with van der Waals surface area (Å²) in [4.78, 5) is 13.6. The molecular formula is C11H22N2O3. The van der Waals surface area contributed by atoms with E-state index in [0.717, 1.165) is 25.9 Å². The average Bonchev–Trinajstić information content (AvgIpc) is 2.57. The Morgan fingerprint density at radius 1 is 1.19 bits per heavy atom. The van der Waals surface area contributed by atoms with Gasteiger partial charge in [0.05, 0.1) is 19.8 Å². The van der Waals surface area contributed by atoms with Gasteiger partial charge in [-0.05, 0) is 12.8 Å². The first-order valence-corrected chi connectivity index (χ1v) is 6.06. The van der Waals surface area contributed by atoms with Gasteiger partial charge in [0.1, 0.15) is 0 Å². The Morgan fingerprint density at radius 2 is 1.88 bits per heavy atom. The van der Waals surface area contributed by atoms with E-state index in [0.29, 0.717) is 19.8 Å². The Kier molecular flexibility index (Phi) is 6.92. The molecule has 0 aromatic heterocycles. The summed E-state index contributed by atoms with van der Waals surface area (Å²) in [5.74, 6) is 0. The first-order chi connectivity index (χ1) is 7.84. The van der Waals surface area contributed by atoms with Crippen LogP contribution in [0.1, 0.15) is 25.7 Å². The van der Waals surface area contributed by atoms with Crippen molar-refractivity contribution in [3.05, 3.63) is 0 Å². The lowest BCUT2D eigenvalue weighted by Crippen LogP contribution is -2.41. The molecule has 2 N–H and O–H groups in total. The van der Waals surface area contributed by atoms with Gasteiger partial charge in [-0.3, -0.25) is 0 Å². The highest BCUT2D eigenvalue weighted by atomic mass is 16.5. The van der Waals surface area contributed by atoms with E-state index in [-0.39, 0.29) is 12.6 Å². The second-order valence-corrected chi connectivity index (χ2v) is 3.97. The normalized spacial score (nSPS) is 16.9. The van der Waals surface area contributed by atoms with Crippen LogP contribution in [0.4, 0.5) is 4.79 Å². The van der Waals surface area contributed by atoms with Crippen LogP contribution in [0.15, 0.2) is 0 Å². The number of amides is 2. The molecule has 94 valence electrons. The van der Waals surface area contributed by atoms with Crippen LogP contribution < -0.4 is 5.32 Å². The second-order valence-electron chi connectivity index (χ2n) is 3.97. The van der Waals surface area contributed by atoms with Crippen molar-refractivity contribution in [1.82, 2.24) is 10.2 Å². The molecule has 0 aliphatic carbocycles. The zero-order valence-corrected chi connectivity index (χ0v) is 9.78. The van der Waals surface area contributed by atoms with Gasteiger partial charge in [0.2, 0.25) is 0 Å². The zero-order valence-electron chi connectivity index (χ0n) is 9.78. The Morgan fingerprint density at radius 3 is 2.50 bits per heavy atom. The third kappa shape index (κ3) is 5.32. The number of likely N-dealkylation sites (tertiary alicyclic amines) is 1. The van der Waals surface area contributed by atoms with E-state index < -0.39 is 0 Å². The van der Waals surface area contributed by atoms with Crippen molar-refractivity contribution in [2.45, 2.75) is 25.7 Å². The Balaban J connectivity index is 2.08. The molecule has 5 heteroatoms. The molecule has 0 atom stereocenters. The van der Waals surface area contributed by atoms with Crippen LogP contribution in [0, 0.1) is 0 Å². The Hall–Kier alpha value is -0.810. The summed E-state index contributed by atoms with van der Waals surface area (Å²) in [6.45, 7) is 3.06. The Bertz CT molecular complexity index is 192. The number of aliphatic hydroxyl groups is 1. The van der Waals surface area contributed by atoms with E-state index in [1.807, 2.05) is 4.90 Å². The molecule has 1 heterocycles. The highest BCUT2D eigenvalue weighted by Gasteiger charge is 2.14. The molecule has 1 aliphatic heterocycles. The third-order valence-electron chi connectivity index (χ3n) is 2.65. The molecule has 16 heavy (non-hydrogen) atoms. The fraction of sp³-hybridized carbons (Fsp3) is 0.909. The molecule has 0 saturated carbocycles. The van der Waals surface area contributed by atoms with E-state index in [1.165, 1.54) is 12.8 Å². The number of hydrogen-bond acceptors (Lipinski definition) is 3. The third-order valence-corrected chi connectivity index (χ3v) is 2.65. The van der Waals surface area contributed by atoms with Gasteiger partial charge in [0.25, 0.3) is 0 Å². The first-order valence-electron chi connectivity index (χ1n) is 6.06. The summed E-state index contributed by atoms with van der Waals surface area (Å²) in [6, 6.07) is 0.00879. The number of urea groups is 1. The summed E-state index contributed by atoms with van der Waals surface area (Å²) in [5, 5.41) is 11.3. The van der Waals surface area contributed by atoms with Gasteiger partial charge in [-0.1, -0.05) is 12.8 Å². The van der Waals surface area contributed by atoms with Gasteiger partial charge in [-0.25, -0.2) is 4.79 Å². The van der Waals surface area contributed by atoms with E-state index in [4.69, 9.17) is 9.84 Å². The molecule has 0 radical (unpaired) electrons. The number of rotatable bonds is 5. The molecule has 0 spiro atoms. The van der Waals surface area contributed by atoms with E-state index >= 15 is 0 Å². The first kappa shape index (κ1) is 13.3. The quantitative estimate of drug-likeness (QED) is 0.679. The van der Waals surface area contributed by atoms with Crippen molar-refractivity contribution >= 4 is 6.03 Å². The molecule has 1 saturated heterocycles. The number of nitrogens with zero attached hydrogens (tertiary/aromatic N) is 1. The molecule has 5 nitrogen and oxygen atoms in total. The van der Waals surface area contributed by atoms with Gasteiger partial charge in [0, 0.05) is 19.6 Å². The van der Waals surface area contributed by atoms with Gasteiger partial charge in [-0.15, -0.1) is 0 Å². The zero-order chi connectivity index (χ0) is 11.6. The summed E-state index contributed by atoms with van der Waals surface area (Å²) in [5.41, 5.74) is 0. The minimum atomic E-state index is 0.00879. The number of aliphatic hydroxyl groups excluding tert-OH is 1. The maximum Gasteiger partial charge on any atom is 0.317 e. The van der Waals surface area contributed by atoms with E-state index in [1.54, 1.807) is 0 Å². The lowest BCUT2D eigenvalue weighted by atomic mass is 10.2. The smallest absolute Gasteiger partial charge is 0.317 e. The second kappa shape index (κ2) is 8.35. The average molecular weight is 230 g/mol.